The Balaban J connectivity index is 2.17. The number of alkyl halides is 3. The van der Waals surface area contributed by atoms with Crippen LogP contribution in [0.4, 0.5) is 13.2 Å². The van der Waals surface area contributed by atoms with Crippen molar-refractivity contribution in [1.29, 1.82) is 5.26 Å². The monoisotopic (exact) mass is 265 g/mol. The molecule has 98 valence electrons. The van der Waals surface area contributed by atoms with Crippen molar-refractivity contribution in [3.05, 3.63) is 42.7 Å². The molecular formula is C13H10F3N3. The summed E-state index contributed by atoms with van der Waals surface area (Å²) in [4.78, 5) is 0. The first-order valence-electron chi connectivity index (χ1n) is 5.55. The van der Waals surface area contributed by atoms with E-state index in [0.717, 1.165) is 15.8 Å². The van der Waals surface area contributed by atoms with Gasteiger partial charge in [-0.3, -0.25) is 4.68 Å². The molecule has 1 aromatic carbocycles. The summed E-state index contributed by atoms with van der Waals surface area (Å²) in [5, 5.41) is 12.4. The predicted molar refractivity (Wildman–Crippen MR) is 62.8 cm³/mol. The fourth-order valence-electron chi connectivity index (χ4n) is 1.65. The maximum Gasteiger partial charge on any atom is 0.406 e. The normalized spacial score (nSPS) is 12.9. The second-order valence-electron chi connectivity index (χ2n) is 4.04. The average molecular weight is 265 g/mol. The molecule has 1 heterocycles. The number of hydrogen-bond donors (Lipinski definition) is 0. The number of halogens is 3. The third-order valence-corrected chi connectivity index (χ3v) is 2.66. The van der Waals surface area contributed by atoms with E-state index in [1.807, 2.05) is 30.3 Å². The third-order valence-electron chi connectivity index (χ3n) is 2.66. The van der Waals surface area contributed by atoms with E-state index < -0.39 is 18.6 Å². The van der Waals surface area contributed by atoms with Gasteiger partial charge in [-0.2, -0.15) is 23.5 Å². The highest BCUT2D eigenvalue weighted by Crippen LogP contribution is 2.27. The molecule has 1 aromatic heterocycles. The zero-order valence-electron chi connectivity index (χ0n) is 9.80. The average Bonchev–Trinajstić information content (AvgIpc) is 2.84. The molecule has 0 saturated heterocycles. The minimum Gasteiger partial charge on any atom is -0.270 e. The van der Waals surface area contributed by atoms with Crippen LogP contribution in [0, 0.1) is 17.2 Å². The third kappa shape index (κ3) is 3.13. The van der Waals surface area contributed by atoms with Crippen LogP contribution in [0.1, 0.15) is 0 Å². The zero-order valence-corrected chi connectivity index (χ0v) is 9.80. The Labute approximate surface area is 107 Å². The van der Waals surface area contributed by atoms with E-state index in [-0.39, 0.29) is 0 Å². The number of aromatic nitrogens is 2. The minimum absolute atomic E-state index is 0.493. The van der Waals surface area contributed by atoms with Crippen LogP contribution in [0.3, 0.4) is 0 Å². The lowest BCUT2D eigenvalue weighted by Gasteiger charge is -2.12. The maximum atomic E-state index is 12.5. The smallest absolute Gasteiger partial charge is 0.270 e. The van der Waals surface area contributed by atoms with Gasteiger partial charge in [0.15, 0.2) is 5.92 Å². The SMILES string of the molecule is N#CC(Cn1cc(-c2ccccc2)cn1)C(F)(F)F. The van der Waals surface area contributed by atoms with Crippen molar-refractivity contribution < 1.29 is 13.2 Å². The molecule has 0 amide bonds. The Morgan fingerprint density at radius 1 is 1.21 bits per heavy atom. The van der Waals surface area contributed by atoms with Gasteiger partial charge in [0.1, 0.15) is 0 Å². The summed E-state index contributed by atoms with van der Waals surface area (Å²) >= 11 is 0. The number of hydrogen-bond acceptors (Lipinski definition) is 2. The van der Waals surface area contributed by atoms with E-state index in [1.54, 1.807) is 0 Å². The number of nitrogens with zero attached hydrogens (tertiary/aromatic N) is 3. The van der Waals surface area contributed by atoms with Crippen molar-refractivity contribution in [2.75, 3.05) is 0 Å². The van der Waals surface area contributed by atoms with Gasteiger partial charge in [-0.05, 0) is 5.56 Å². The summed E-state index contributed by atoms with van der Waals surface area (Å²) in [5.74, 6) is -2.05. The van der Waals surface area contributed by atoms with Gasteiger partial charge in [-0.15, -0.1) is 0 Å². The van der Waals surface area contributed by atoms with Crippen molar-refractivity contribution in [2.45, 2.75) is 12.7 Å². The molecule has 0 aliphatic carbocycles. The molecule has 0 spiro atoms. The fraction of sp³-hybridized carbons (Fsp3) is 0.231. The summed E-state index contributed by atoms with van der Waals surface area (Å²) in [6.45, 7) is -0.493. The molecule has 19 heavy (non-hydrogen) atoms. The van der Waals surface area contributed by atoms with Crippen LogP contribution in [0.25, 0.3) is 11.1 Å². The second-order valence-corrected chi connectivity index (χ2v) is 4.04. The number of nitriles is 1. The molecule has 2 aromatic rings. The summed E-state index contributed by atoms with van der Waals surface area (Å²) in [6.07, 6.45) is -1.54. The molecule has 0 fully saturated rings. The van der Waals surface area contributed by atoms with Crippen molar-refractivity contribution in [3.63, 3.8) is 0 Å². The molecule has 1 atom stereocenters. The highest BCUT2D eigenvalue weighted by molar-refractivity contribution is 5.61. The quantitative estimate of drug-likeness (QED) is 0.854. The van der Waals surface area contributed by atoms with E-state index in [9.17, 15) is 13.2 Å². The largest absolute Gasteiger partial charge is 0.406 e. The van der Waals surface area contributed by atoms with E-state index in [4.69, 9.17) is 5.26 Å². The van der Waals surface area contributed by atoms with Gasteiger partial charge in [0, 0.05) is 11.8 Å². The van der Waals surface area contributed by atoms with E-state index >= 15 is 0 Å². The lowest BCUT2D eigenvalue weighted by atomic mass is 10.1. The maximum absolute atomic E-state index is 12.5. The molecule has 0 aliphatic heterocycles. The van der Waals surface area contributed by atoms with Crippen LogP contribution in [-0.2, 0) is 6.54 Å². The first kappa shape index (κ1) is 13.1. The Morgan fingerprint density at radius 2 is 1.89 bits per heavy atom. The predicted octanol–water partition coefficient (Wildman–Crippen LogP) is 3.25. The molecule has 0 bridgehead atoms. The molecule has 0 aliphatic rings. The molecule has 2 rings (SSSR count). The summed E-state index contributed by atoms with van der Waals surface area (Å²) < 4.78 is 38.6. The van der Waals surface area contributed by atoms with Gasteiger partial charge in [-0.1, -0.05) is 30.3 Å². The van der Waals surface area contributed by atoms with Crippen molar-refractivity contribution in [3.8, 4) is 17.2 Å². The van der Waals surface area contributed by atoms with Gasteiger partial charge in [-0.25, -0.2) is 0 Å². The van der Waals surface area contributed by atoms with E-state index in [1.165, 1.54) is 18.5 Å². The van der Waals surface area contributed by atoms with Crippen molar-refractivity contribution >= 4 is 0 Å². The molecular weight excluding hydrogens is 255 g/mol. The standard InChI is InChI=1S/C13H10F3N3/c14-13(15,16)12(6-17)9-19-8-11(7-18-19)10-4-2-1-3-5-10/h1-5,7-8,12H,9H2. The topological polar surface area (TPSA) is 41.6 Å². The van der Waals surface area contributed by atoms with Crippen LogP contribution in [0.2, 0.25) is 0 Å². The van der Waals surface area contributed by atoms with Gasteiger partial charge >= 0.3 is 6.18 Å². The summed E-state index contributed by atoms with van der Waals surface area (Å²) in [7, 11) is 0. The summed E-state index contributed by atoms with van der Waals surface area (Å²) in [6, 6.07) is 10.5. The van der Waals surface area contributed by atoms with Crippen LogP contribution in [0.15, 0.2) is 42.7 Å². The van der Waals surface area contributed by atoms with E-state index in [2.05, 4.69) is 5.10 Å². The number of rotatable bonds is 3. The van der Waals surface area contributed by atoms with Gasteiger partial charge in [0.05, 0.1) is 18.8 Å². The minimum atomic E-state index is -4.53. The van der Waals surface area contributed by atoms with E-state index in [0.29, 0.717) is 0 Å². The highest BCUT2D eigenvalue weighted by Gasteiger charge is 2.40. The van der Waals surface area contributed by atoms with Crippen molar-refractivity contribution in [1.82, 2.24) is 9.78 Å². The second kappa shape index (κ2) is 5.14. The lowest BCUT2D eigenvalue weighted by molar-refractivity contribution is -0.162. The Kier molecular flexibility index (Phi) is 3.56. The highest BCUT2D eigenvalue weighted by atomic mass is 19.4. The first-order valence-corrected chi connectivity index (χ1v) is 5.55. The molecule has 0 saturated carbocycles. The van der Waals surface area contributed by atoms with Crippen LogP contribution < -0.4 is 0 Å². The number of benzene rings is 1. The summed E-state index contributed by atoms with van der Waals surface area (Å²) in [5.41, 5.74) is 1.59. The van der Waals surface area contributed by atoms with Gasteiger partial charge in [0.2, 0.25) is 0 Å². The van der Waals surface area contributed by atoms with Crippen molar-refractivity contribution in [2.24, 2.45) is 5.92 Å². The lowest BCUT2D eigenvalue weighted by Crippen LogP contribution is -2.26. The Hall–Kier alpha value is -2.29. The molecule has 0 radical (unpaired) electrons. The zero-order chi connectivity index (χ0) is 13.9. The Morgan fingerprint density at radius 3 is 2.47 bits per heavy atom. The fourth-order valence-corrected chi connectivity index (χ4v) is 1.65. The van der Waals surface area contributed by atoms with Gasteiger partial charge < -0.3 is 0 Å². The molecule has 0 N–H and O–H groups in total. The van der Waals surface area contributed by atoms with Crippen LogP contribution in [0.5, 0.6) is 0 Å². The molecule has 3 nitrogen and oxygen atoms in total. The van der Waals surface area contributed by atoms with Crippen LogP contribution in [-0.4, -0.2) is 16.0 Å². The van der Waals surface area contributed by atoms with Gasteiger partial charge in [0.25, 0.3) is 0 Å². The Bertz CT molecular complexity index is 581. The molecule has 6 heteroatoms. The molecule has 1 unspecified atom stereocenters. The first-order chi connectivity index (χ1) is 9.00. The van der Waals surface area contributed by atoms with Crippen LogP contribution >= 0.6 is 0 Å².